The van der Waals surface area contributed by atoms with E-state index < -0.39 is 5.97 Å². The van der Waals surface area contributed by atoms with Crippen molar-refractivity contribution in [1.82, 2.24) is 10.2 Å². The number of carboxylic acid groups (broad SMARTS) is 1. The number of nitrogens with one attached hydrogen (secondary N) is 1. The van der Waals surface area contributed by atoms with Crippen LogP contribution < -0.4 is 5.32 Å². The molecule has 0 radical (unpaired) electrons. The van der Waals surface area contributed by atoms with E-state index in [0.29, 0.717) is 17.1 Å². The molecule has 2 N–H and O–H groups in total. The van der Waals surface area contributed by atoms with Crippen LogP contribution in [0.3, 0.4) is 0 Å². The molecule has 0 saturated carbocycles. The highest BCUT2D eigenvalue weighted by atomic mass is 32.1. The van der Waals surface area contributed by atoms with Gasteiger partial charge in [-0.3, -0.25) is 0 Å². The normalized spacial score (nSPS) is 12.2. The van der Waals surface area contributed by atoms with Crippen molar-refractivity contribution in [2.45, 2.75) is 33.2 Å². The molecule has 20 heavy (non-hydrogen) atoms. The molecule has 2 aromatic rings. The number of hydrogen-bond donors (Lipinski definition) is 2. The predicted octanol–water partition coefficient (Wildman–Crippen LogP) is 2.90. The Kier molecular flexibility index (Phi) is 4.34. The maximum absolute atomic E-state index is 11.4. The number of carboxylic acids is 1. The molecule has 0 aliphatic rings. The lowest BCUT2D eigenvalue weighted by Crippen LogP contribution is -2.22. The van der Waals surface area contributed by atoms with Gasteiger partial charge in [-0.15, -0.1) is 16.4 Å². The van der Waals surface area contributed by atoms with Gasteiger partial charge < -0.3 is 10.4 Å². The lowest BCUT2D eigenvalue weighted by molar-refractivity contribution is 0.0696. The van der Waals surface area contributed by atoms with Crippen molar-refractivity contribution in [3.63, 3.8) is 0 Å². The third-order valence-electron chi connectivity index (χ3n) is 3.14. The summed E-state index contributed by atoms with van der Waals surface area (Å²) >= 11 is 1.69. The molecule has 0 bridgehead atoms. The molecule has 2 heterocycles. The van der Waals surface area contributed by atoms with E-state index in [2.05, 4.69) is 21.6 Å². The van der Waals surface area contributed by atoms with Gasteiger partial charge in [0.05, 0.1) is 5.69 Å². The molecule has 0 amide bonds. The molecular formula is C14H17N3O2S. The van der Waals surface area contributed by atoms with Crippen molar-refractivity contribution in [3.8, 4) is 0 Å². The zero-order valence-electron chi connectivity index (χ0n) is 11.7. The summed E-state index contributed by atoms with van der Waals surface area (Å²) in [7, 11) is 0. The van der Waals surface area contributed by atoms with E-state index in [1.807, 2.05) is 18.4 Å². The summed E-state index contributed by atoms with van der Waals surface area (Å²) in [6.07, 6.45) is 0.825. The van der Waals surface area contributed by atoms with E-state index in [4.69, 9.17) is 0 Å². The highest BCUT2D eigenvalue weighted by molar-refractivity contribution is 7.09. The van der Waals surface area contributed by atoms with Gasteiger partial charge in [0.2, 0.25) is 0 Å². The second-order valence-corrected chi connectivity index (χ2v) is 5.80. The number of thiophene rings is 1. The Hall–Kier alpha value is -1.95. The van der Waals surface area contributed by atoms with Crippen LogP contribution in [0.1, 0.15) is 33.4 Å². The van der Waals surface area contributed by atoms with Crippen molar-refractivity contribution in [2.75, 3.05) is 5.32 Å². The van der Waals surface area contributed by atoms with Gasteiger partial charge in [0.1, 0.15) is 5.56 Å². The van der Waals surface area contributed by atoms with Crippen molar-refractivity contribution in [3.05, 3.63) is 39.2 Å². The topological polar surface area (TPSA) is 75.1 Å². The second-order valence-electron chi connectivity index (χ2n) is 4.77. The number of carbonyl (C=O) groups is 1. The molecule has 2 rings (SSSR count). The Labute approximate surface area is 121 Å². The van der Waals surface area contributed by atoms with Crippen molar-refractivity contribution in [2.24, 2.45) is 0 Å². The predicted molar refractivity (Wildman–Crippen MR) is 79.6 cm³/mol. The molecule has 2 aromatic heterocycles. The van der Waals surface area contributed by atoms with Crippen LogP contribution in [-0.4, -0.2) is 27.3 Å². The quantitative estimate of drug-likeness (QED) is 0.886. The van der Waals surface area contributed by atoms with Gasteiger partial charge in [-0.2, -0.15) is 5.10 Å². The average molecular weight is 291 g/mol. The van der Waals surface area contributed by atoms with E-state index >= 15 is 0 Å². The number of rotatable bonds is 5. The fraction of sp³-hybridized carbons (Fsp3) is 0.357. The van der Waals surface area contributed by atoms with Crippen LogP contribution in [0.15, 0.2) is 17.5 Å². The summed E-state index contributed by atoms with van der Waals surface area (Å²) in [6, 6.07) is 4.15. The van der Waals surface area contributed by atoms with Gasteiger partial charge in [-0.25, -0.2) is 4.79 Å². The van der Waals surface area contributed by atoms with Gasteiger partial charge in [0.15, 0.2) is 5.82 Å². The Bertz CT molecular complexity index is 611. The first-order valence-electron chi connectivity index (χ1n) is 6.35. The van der Waals surface area contributed by atoms with Crippen molar-refractivity contribution < 1.29 is 9.90 Å². The number of aryl methyl sites for hydroxylation is 1. The molecule has 0 fully saturated rings. The van der Waals surface area contributed by atoms with Crippen LogP contribution in [0.2, 0.25) is 0 Å². The minimum atomic E-state index is -0.980. The fourth-order valence-electron chi connectivity index (χ4n) is 1.99. The molecule has 0 saturated heterocycles. The molecule has 0 aromatic carbocycles. The monoisotopic (exact) mass is 291 g/mol. The van der Waals surface area contributed by atoms with Crippen LogP contribution in [0.5, 0.6) is 0 Å². The Morgan fingerprint density at radius 1 is 1.45 bits per heavy atom. The third-order valence-corrected chi connectivity index (χ3v) is 4.04. The standard InChI is InChI=1S/C14H17N3O2S/c1-8(7-11-5-4-6-20-11)15-13-12(14(18)19)9(2)10(3)16-17-13/h4-6,8H,7H2,1-3H3,(H,15,17)(H,18,19). The highest BCUT2D eigenvalue weighted by Gasteiger charge is 2.19. The van der Waals surface area contributed by atoms with Crippen LogP contribution in [-0.2, 0) is 6.42 Å². The summed E-state index contributed by atoms with van der Waals surface area (Å²) < 4.78 is 0. The first-order chi connectivity index (χ1) is 9.49. The molecule has 106 valence electrons. The molecule has 0 aliphatic heterocycles. The number of nitrogens with zero attached hydrogens (tertiary/aromatic N) is 2. The van der Waals surface area contributed by atoms with Crippen LogP contribution in [0.25, 0.3) is 0 Å². The van der Waals surface area contributed by atoms with Gasteiger partial charge in [-0.05, 0) is 37.8 Å². The van der Waals surface area contributed by atoms with E-state index in [1.165, 1.54) is 4.88 Å². The van der Waals surface area contributed by atoms with E-state index in [1.54, 1.807) is 25.2 Å². The third kappa shape index (κ3) is 3.14. The van der Waals surface area contributed by atoms with Crippen LogP contribution >= 0.6 is 11.3 Å². The van der Waals surface area contributed by atoms with E-state index in [0.717, 1.165) is 6.42 Å². The largest absolute Gasteiger partial charge is 0.478 e. The summed E-state index contributed by atoms with van der Waals surface area (Å²) in [5, 5.41) is 22.5. The summed E-state index contributed by atoms with van der Waals surface area (Å²) in [6.45, 7) is 5.51. The Morgan fingerprint density at radius 3 is 2.80 bits per heavy atom. The van der Waals surface area contributed by atoms with Gasteiger partial charge in [-0.1, -0.05) is 6.07 Å². The van der Waals surface area contributed by atoms with Gasteiger partial charge >= 0.3 is 5.97 Å². The average Bonchev–Trinajstić information content (AvgIpc) is 2.86. The van der Waals surface area contributed by atoms with Gasteiger partial charge in [0, 0.05) is 17.3 Å². The second kappa shape index (κ2) is 6.00. The summed E-state index contributed by atoms with van der Waals surface area (Å²) in [4.78, 5) is 12.6. The number of aromatic nitrogens is 2. The molecule has 0 spiro atoms. The minimum absolute atomic E-state index is 0.0863. The number of anilines is 1. The molecule has 0 aliphatic carbocycles. The van der Waals surface area contributed by atoms with Crippen LogP contribution in [0, 0.1) is 13.8 Å². The maximum Gasteiger partial charge on any atom is 0.339 e. The van der Waals surface area contributed by atoms with E-state index in [9.17, 15) is 9.90 Å². The van der Waals surface area contributed by atoms with Gasteiger partial charge in [0.25, 0.3) is 0 Å². The van der Waals surface area contributed by atoms with Crippen LogP contribution in [0.4, 0.5) is 5.82 Å². The smallest absolute Gasteiger partial charge is 0.339 e. The van der Waals surface area contributed by atoms with E-state index in [-0.39, 0.29) is 11.6 Å². The minimum Gasteiger partial charge on any atom is -0.478 e. The molecule has 1 unspecified atom stereocenters. The summed E-state index contributed by atoms with van der Waals surface area (Å²) in [5.41, 5.74) is 1.49. The SMILES string of the molecule is Cc1nnc(NC(C)Cc2cccs2)c(C(=O)O)c1C. The Morgan fingerprint density at radius 2 is 2.20 bits per heavy atom. The molecule has 5 nitrogen and oxygen atoms in total. The lowest BCUT2D eigenvalue weighted by atomic mass is 10.1. The number of hydrogen-bond acceptors (Lipinski definition) is 5. The summed E-state index contributed by atoms with van der Waals surface area (Å²) in [5.74, 6) is -0.643. The number of aromatic carboxylic acids is 1. The lowest BCUT2D eigenvalue weighted by Gasteiger charge is -2.16. The highest BCUT2D eigenvalue weighted by Crippen LogP contribution is 2.20. The molecular weight excluding hydrogens is 274 g/mol. The molecule has 6 heteroatoms. The Balaban J connectivity index is 2.20. The first kappa shape index (κ1) is 14.5. The van der Waals surface area contributed by atoms with Crippen molar-refractivity contribution in [1.29, 1.82) is 0 Å². The maximum atomic E-state index is 11.4. The zero-order chi connectivity index (χ0) is 14.7. The fourth-order valence-corrected chi connectivity index (χ4v) is 2.82. The molecule has 1 atom stereocenters. The first-order valence-corrected chi connectivity index (χ1v) is 7.23. The zero-order valence-corrected chi connectivity index (χ0v) is 12.5. The van der Waals surface area contributed by atoms with Crippen molar-refractivity contribution >= 4 is 23.1 Å².